The Labute approximate surface area is 326 Å². The van der Waals surface area contributed by atoms with Gasteiger partial charge in [-0.3, -0.25) is 0 Å². The third kappa shape index (κ3) is 9.49. The number of nitrogens with one attached hydrogen (secondary N) is 1. The average Bonchev–Trinajstić information content (AvgIpc) is 3.14. The number of hydrogen-bond donors (Lipinski definition) is 1. The van der Waals surface area contributed by atoms with Crippen molar-refractivity contribution in [1.29, 1.82) is 0 Å². The molecule has 6 rings (SSSR count). The van der Waals surface area contributed by atoms with Crippen LogP contribution in [-0.4, -0.2) is 37.8 Å². The molecule has 0 aromatic heterocycles. The molecule has 0 radical (unpaired) electrons. The van der Waals surface area contributed by atoms with E-state index in [1.54, 1.807) is 0 Å². The van der Waals surface area contributed by atoms with Gasteiger partial charge in [0.2, 0.25) is 0 Å². The van der Waals surface area contributed by atoms with Gasteiger partial charge in [-0.05, 0) is 0 Å². The molecule has 2 aliphatic rings. The second-order valence-electron chi connectivity index (χ2n) is 14.8. The topological polar surface area (TPSA) is 73.9 Å². The van der Waals surface area contributed by atoms with Crippen LogP contribution in [0.25, 0.3) is 22.3 Å². The smallest absolute Gasteiger partial charge is 0 e. The molecule has 6 nitrogen and oxygen atoms in total. The van der Waals surface area contributed by atoms with E-state index in [1.807, 2.05) is 100 Å². The van der Waals surface area contributed by atoms with Crippen LogP contribution in [0, 0.1) is 0 Å². The molecule has 0 bridgehead atoms. The first kappa shape index (κ1) is 40.5. The van der Waals surface area contributed by atoms with E-state index in [9.17, 15) is 8.42 Å². The van der Waals surface area contributed by atoms with Gasteiger partial charge in [-0.1, -0.05) is 0 Å². The zero-order valence-corrected chi connectivity index (χ0v) is 34.5. The molecule has 284 valence electrons. The number of hydrogen-bond acceptors (Lipinski definition) is 6. The minimum absolute atomic E-state index is 0. The van der Waals surface area contributed by atoms with Crippen molar-refractivity contribution in [2.24, 2.45) is 0 Å². The van der Waals surface area contributed by atoms with Gasteiger partial charge in [0.15, 0.2) is 0 Å². The third-order valence-corrected chi connectivity index (χ3v) is 17.9. The summed E-state index contributed by atoms with van der Waals surface area (Å²) in [4.78, 5) is 0. The Morgan fingerprint density at radius 2 is 1.13 bits per heavy atom. The summed E-state index contributed by atoms with van der Waals surface area (Å²) in [6, 6.07) is 32.4. The fraction of sp³-hybridized carbons (Fsp3) is 0.442. The molecule has 4 aromatic carbocycles. The van der Waals surface area contributed by atoms with E-state index in [4.69, 9.17) is 13.4 Å². The van der Waals surface area contributed by atoms with Gasteiger partial charge in [0, 0.05) is 20.4 Å². The summed E-state index contributed by atoms with van der Waals surface area (Å²) in [6.07, 6.45) is 10.6. The molecule has 0 heterocycles. The van der Waals surface area contributed by atoms with Crippen molar-refractivity contribution in [3.8, 4) is 33.8 Å². The van der Waals surface area contributed by atoms with Crippen LogP contribution in [0.3, 0.4) is 0 Å². The molecule has 2 aliphatic carbocycles. The molecule has 0 unspecified atom stereocenters. The Hall–Kier alpha value is -2.72. The molecule has 9 heteroatoms. The van der Waals surface area contributed by atoms with Crippen LogP contribution in [0.2, 0.25) is 0 Å². The fourth-order valence-corrected chi connectivity index (χ4v) is 17.2. The number of ether oxygens (including phenoxy) is 2. The Morgan fingerprint density at radius 1 is 0.635 bits per heavy atom. The maximum Gasteiger partial charge on any atom is 0 e. The van der Waals surface area contributed by atoms with E-state index >= 15 is 0 Å². The Balaban J connectivity index is 0.00000523. The predicted octanol–water partition coefficient (Wildman–Crippen LogP) is 11.0. The molecule has 2 fully saturated rings. The van der Waals surface area contributed by atoms with Crippen LogP contribution >= 0.6 is 7.49 Å². The van der Waals surface area contributed by atoms with Gasteiger partial charge < -0.3 is 0 Å². The van der Waals surface area contributed by atoms with E-state index in [0.717, 1.165) is 96.1 Å². The number of anilines is 1. The molecule has 2 saturated carbocycles. The van der Waals surface area contributed by atoms with Crippen molar-refractivity contribution in [3.05, 3.63) is 97.1 Å². The van der Waals surface area contributed by atoms with Crippen LogP contribution in [0.15, 0.2) is 97.1 Å². The molecule has 52 heavy (non-hydrogen) atoms. The summed E-state index contributed by atoms with van der Waals surface area (Å²) >= 11 is 0. The first-order valence-electron chi connectivity index (χ1n) is 19.1. The predicted molar refractivity (Wildman–Crippen MR) is 215 cm³/mol. The Kier molecular flexibility index (Phi) is 14.4. The van der Waals surface area contributed by atoms with Crippen molar-refractivity contribution in [1.82, 2.24) is 0 Å². The summed E-state index contributed by atoms with van der Waals surface area (Å²) in [5.74, 6) is 1.18. The van der Waals surface area contributed by atoms with Crippen LogP contribution in [0.1, 0.15) is 91.9 Å². The van der Waals surface area contributed by atoms with Crippen LogP contribution < -0.4 is 20.1 Å². The fourth-order valence-electron chi connectivity index (χ4n) is 8.45. The summed E-state index contributed by atoms with van der Waals surface area (Å²) < 4.78 is 49.5. The quantitative estimate of drug-likeness (QED) is 0.101. The van der Waals surface area contributed by atoms with Crippen molar-refractivity contribution in [3.63, 3.8) is 0 Å². The number of rotatable bonds is 14. The van der Waals surface area contributed by atoms with Gasteiger partial charge in [0.05, 0.1) is 0 Å². The summed E-state index contributed by atoms with van der Waals surface area (Å²) in [5.41, 5.74) is 4.97. The van der Waals surface area contributed by atoms with E-state index in [-0.39, 0.29) is 49.8 Å². The van der Waals surface area contributed by atoms with Crippen molar-refractivity contribution < 1.29 is 42.3 Å². The molecule has 0 amide bonds. The third-order valence-electron chi connectivity index (χ3n) is 10.5. The van der Waals surface area contributed by atoms with Crippen molar-refractivity contribution in [2.75, 3.05) is 11.2 Å². The van der Waals surface area contributed by atoms with E-state index in [2.05, 4.69) is 29.6 Å². The maximum absolute atomic E-state index is 14.7. The van der Waals surface area contributed by atoms with E-state index < -0.39 is 17.6 Å². The second kappa shape index (κ2) is 18.5. The van der Waals surface area contributed by atoms with Crippen molar-refractivity contribution in [2.45, 2.75) is 115 Å². The second-order valence-corrected chi connectivity index (χ2v) is 20.7. The van der Waals surface area contributed by atoms with Gasteiger partial charge in [-0.25, -0.2) is 0 Å². The molecular formula is C43H56NO5PPdS. The maximum atomic E-state index is 14.7. The summed E-state index contributed by atoms with van der Waals surface area (Å²) in [5, 5.41) is 4.37. The molecule has 0 saturated heterocycles. The van der Waals surface area contributed by atoms with Gasteiger partial charge in [-0.15, -0.1) is 0 Å². The number of benzene rings is 4. The summed E-state index contributed by atoms with van der Waals surface area (Å²) in [6.45, 7) is 8.14. The first-order chi connectivity index (χ1) is 24.7. The van der Waals surface area contributed by atoms with Gasteiger partial charge >= 0.3 is 308 Å². The first-order valence-corrected chi connectivity index (χ1v) is 22.7. The Bertz CT molecular complexity index is 1790. The zero-order chi connectivity index (χ0) is 35.8. The molecule has 1 N–H and O–H groups in total. The van der Waals surface area contributed by atoms with Gasteiger partial charge in [0.1, 0.15) is 0 Å². The average molecular weight is 836 g/mol. The molecular weight excluding hydrogens is 780 g/mol. The van der Waals surface area contributed by atoms with Gasteiger partial charge in [0.25, 0.3) is 0 Å². The summed E-state index contributed by atoms with van der Waals surface area (Å²) in [7, 11) is -7.37. The monoisotopic (exact) mass is 835 g/mol. The zero-order valence-electron chi connectivity index (χ0n) is 31.1. The minimum atomic E-state index is -4.05. The van der Waals surface area contributed by atoms with Crippen molar-refractivity contribution >= 4 is 28.6 Å². The minimum Gasteiger partial charge on any atom is 0 e. The van der Waals surface area contributed by atoms with Crippen LogP contribution in [0.4, 0.5) is 5.69 Å². The molecule has 0 atom stereocenters. The number of para-hydroxylation sites is 1. The Morgan fingerprint density at radius 3 is 1.69 bits per heavy atom. The van der Waals surface area contributed by atoms with E-state index in [0.29, 0.717) is 0 Å². The molecule has 0 aliphatic heterocycles. The van der Waals surface area contributed by atoms with E-state index in [1.165, 1.54) is 12.8 Å². The van der Waals surface area contributed by atoms with Gasteiger partial charge in [-0.2, -0.15) is 0 Å². The largest absolute Gasteiger partial charge is 0 e. The standard InChI is InChI=1S/C43H56NO5PS.Pd/c1-32(2)47-40-28-18-29-41(48-33(3)4)43(40)38-26-15-17-30-42(38)50(35-21-10-6-11-22-35,36-23-12-7-13-24-36)49-51(45,46)31-44-39-27-16-14-25-37(39)34-19-8-5-9-20-34;/h5,8-9,14-20,25-30,32-33,35-36,44,50H,6-7,10-13,21-24,31H2,1-4H3;. The molecule has 0 spiro atoms. The molecule has 4 aromatic rings. The normalized spacial score (nSPS) is 16.3. The van der Waals surface area contributed by atoms with Crippen LogP contribution in [0.5, 0.6) is 11.5 Å². The van der Waals surface area contributed by atoms with Crippen LogP contribution in [-0.2, 0) is 34.5 Å². The SMILES string of the molecule is CC(C)Oc1cccc(OC(C)C)c1-c1ccccc1[PH](OS(=O)(=O)CNc1ccccc1-c1ccccc1)(C1CCCCC1)C1CCCCC1.[Pd].